The van der Waals surface area contributed by atoms with Gasteiger partial charge in [0.1, 0.15) is 11.1 Å². The van der Waals surface area contributed by atoms with Gasteiger partial charge >= 0.3 is 10.2 Å². The van der Waals surface area contributed by atoms with E-state index in [9.17, 15) is 17.1 Å². The number of anilines is 1. The lowest BCUT2D eigenvalue weighted by atomic mass is 10.1. The predicted molar refractivity (Wildman–Crippen MR) is 83.0 cm³/mol. The van der Waals surface area contributed by atoms with Crippen LogP contribution in [0.25, 0.3) is 11.3 Å². The van der Waals surface area contributed by atoms with E-state index in [1.54, 1.807) is 37.4 Å². The molecular weight excluding hydrogens is 321 g/mol. The first-order valence-electron chi connectivity index (χ1n) is 6.98. The first-order chi connectivity index (χ1) is 10.8. The average Bonchev–Trinajstić information content (AvgIpc) is 2.90. The van der Waals surface area contributed by atoms with Gasteiger partial charge in [0.05, 0.1) is 5.69 Å². The Labute approximate surface area is 133 Å². The number of aryl methyl sites for hydroxylation is 1. The average molecular weight is 335 g/mol. The van der Waals surface area contributed by atoms with Crippen LogP contribution in [0.15, 0.2) is 36.5 Å². The van der Waals surface area contributed by atoms with Crippen molar-refractivity contribution >= 4 is 21.8 Å². The molecule has 0 spiro atoms. The highest BCUT2D eigenvalue weighted by Crippen LogP contribution is 2.29. The molecule has 1 aromatic carbocycles. The molecule has 1 fully saturated rings. The van der Waals surface area contributed by atoms with Crippen LogP contribution in [0.2, 0.25) is 0 Å². The minimum atomic E-state index is -4.73. The smallest absolute Gasteiger partial charge is 0.307 e. The van der Waals surface area contributed by atoms with Gasteiger partial charge in [-0.25, -0.2) is 9.97 Å². The molecule has 1 aliphatic rings. The Morgan fingerprint density at radius 2 is 2.09 bits per heavy atom. The van der Waals surface area contributed by atoms with E-state index < -0.39 is 21.4 Å². The third kappa shape index (κ3) is 3.21. The van der Waals surface area contributed by atoms with E-state index in [2.05, 4.69) is 9.97 Å². The van der Waals surface area contributed by atoms with Crippen molar-refractivity contribution in [3.8, 4) is 11.3 Å². The van der Waals surface area contributed by atoms with Gasteiger partial charge in [-0.05, 0) is 25.1 Å². The molecule has 0 saturated carbocycles. The third-order valence-corrected chi connectivity index (χ3v) is 4.83. The highest BCUT2D eigenvalue weighted by atomic mass is 32.3. The fourth-order valence-electron chi connectivity index (χ4n) is 2.56. The number of rotatable bonds is 3. The number of aromatic nitrogens is 2. The zero-order valence-electron chi connectivity index (χ0n) is 12.3. The van der Waals surface area contributed by atoms with E-state index in [1.165, 1.54) is 4.90 Å². The lowest BCUT2D eigenvalue weighted by molar-refractivity contribution is -0.117. The zero-order chi connectivity index (χ0) is 16.6. The quantitative estimate of drug-likeness (QED) is 0.800. The lowest BCUT2D eigenvalue weighted by Crippen LogP contribution is -2.26. The molecular formula is C15H14FN3O3S. The van der Waals surface area contributed by atoms with E-state index in [4.69, 9.17) is 0 Å². The van der Waals surface area contributed by atoms with Crippen molar-refractivity contribution in [1.29, 1.82) is 0 Å². The number of benzene rings is 1. The summed E-state index contributed by atoms with van der Waals surface area (Å²) in [6, 6.07) is 8.73. The van der Waals surface area contributed by atoms with E-state index in [1.807, 2.05) is 6.07 Å². The molecule has 3 rings (SSSR count). The monoisotopic (exact) mass is 335 g/mol. The standard InChI is InChI=1S/C15H14FN3O3S/c1-10-17-6-5-14(18-10)11-3-2-4-12(7-11)19-9-13(8-15(19)20)23(16,21)22/h2-7,13H,8-9H2,1H3. The van der Waals surface area contributed by atoms with Crippen molar-refractivity contribution in [3.63, 3.8) is 0 Å². The van der Waals surface area contributed by atoms with Crippen molar-refractivity contribution in [2.45, 2.75) is 18.6 Å². The Morgan fingerprint density at radius 3 is 2.74 bits per heavy atom. The second kappa shape index (κ2) is 5.69. The van der Waals surface area contributed by atoms with Crippen LogP contribution in [-0.4, -0.2) is 36.1 Å². The van der Waals surface area contributed by atoms with Crippen LogP contribution < -0.4 is 4.90 Å². The lowest BCUT2D eigenvalue weighted by Gasteiger charge is -2.17. The molecule has 0 N–H and O–H groups in total. The summed E-state index contributed by atoms with van der Waals surface area (Å²) in [5, 5.41) is -1.31. The van der Waals surface area contributed by atoms with Crippen LogP contribution in [-0.2, 0) is 15.0 Å². The highest BCUT2D eigenvalue weighted by Gasteiger charge is 2.39. The number of carbonyl (C=O) groups is 1. The van der Waals surface area contributed by atoms with E-state index in [0.29, 0.717) is 17.2 Å². The van der Waals surface area contributed by atoms with Crippen molar-refractivity contribution < 1.29 is 17.1 Å². The summed E-state index contributed by atoms with van der Waals surface area (Å²) >= 11 is 0. The Morgan fingerprint density at radius 1 is 1.30 bits per heavy atom. The highest BCUT2D eigenvalue weighted by molar-refractivity contribution is 7.87. The van der Waals surface area contributed by atoms with Crippen LogP contribution in [0.3, 0.4) is 0 Å². The normalized spacial score (nSPS) is 18.4. The van der Waals surface area contributed by atoms with Gasteiger partial charge in [-0.15, -0.1) is 3.89 Å². The molecule has 1 aliphatic heterocycles. The fraction of sp³-hybridized carbons (Fsp3) is 0.267. The second-order valence-electron chi connectivity index (χ2n) is 5.35. The predicted octanol–water partition coefficient (Wildman–Crippen LogP) is 1.86. The number of nitrogens with zero attached hydrogens (tertiary/aromatic N) is 3. The molecule has 23 heavy (non-hydrogen) atoms. The summed E-state index contributed by atoms with van der Waals surface area (Å²) in [7, 11) is -4.73. The number of halogens is 1. The minimum Gasteiger partial charge on any atom is -0.311 e. The molecule has 1 atom stereocenters. The van der Waals surface area contributed by atoms with Crippen molar-refractivity contribution in [2.24, 2.45) is 0 Å². The van der Waals surface area contributed by atoms with Gasteiger partial charge in [-0.2, -0.15) is 8.42 Å². The first kappa shape index (κ1) is 15.5. The molecule has 6 nitrogen and oxygen atoms in total. The van der Waals surface area contributed by atoms with E-state index in [0.717, 1.165) is 5.56 Å². The topological polar surface area (TPSA) is 80.2 Å². The maximum absolute atomic E-state index is 13.1. The Balaban J connectivity index is 1.93. The Kier molecular flexibility index (Phi) is 3.85. The number of hydrogen-bond donors (Lipinski definition) is 0. The maximum Gasteiger partial charge on any atom is 0.307 e. The summed E-state index contributed by atoms with van der Waals surface area (Å²) in [5.74, 6) is 0.209. The van der Waals surface area contributed by atoms with Gasteiger partial charge in [0, 0.05) is 30.4 Å². The Bertz CT molecular complexity index is 870. The van der Waals surface area contributed by atoms with E-state index >= 15 is 0 Å². The van der Waals surface area contributed by atoms with Gasteiger partial charge in [0.2, 0.25) is 5.91 Å². The molecule has 0 radical (unpaired) electrons. The number of carbonyl (C=O) groups excluding carboxylic acids is 1. The van der Waals surface area contributed by atoms with E-state index in [-0.39, 0.29) is 13.0 Å². The van der Waals surface area contributed by atoms with Crippen LogP contribution in [0.1, 0.15) is 12.2 Å². The molecule has 1 aromatic heterocycles. The molecule has 0 bridgehead atoms. The fourth-order valence-corrected chi connectivity index (χ4v) is 3.23. The molecule has 1 unspecified atom stereocenters. The SMILES string of the molecule is Cc1nccc(-c2cccc(N3CC(S(=O)(=O)F)CC3=O)c2)n1. The zero-order valence-corrected chi connectivity index (χ0v) is 13.1. The number of amides is 1. The second-order valence-corrected chi connectivity index (χ2v) is 6.96. The summed E-state index contributed by atoms with van der Waals surface area (Å²) in [6.45, 7) is 1.60. The largest absolute Gasteiger partial charge is 0.311 e. The minimum absolute atomic E-state index is 0.177. The molecule has 0 aliphatic carbocycles. The van der Waals surface area contributed by atoms with Crippen LogP contribution in [0, 0.1) is 6.92 Å². The van der Waals surface area contributed by atoms with Crippen LogP contribution >= 0.6 is 0 Å². The molecule has 1 amide bonds. The maximum atomic E-state index is 13.1. The van der Waals surface area contributed by atoms with Gasteiger partial charge in [0.15, 0.2) is 0 Å². The number of hydrogen-bond acceptors (Lipinski definition) is 5. The summed E-state index contributed by atoms with van der Waals surface area (Å²) in [6.07, 6.45) is 1.30. The molecule has 2 aromatic rings. The third-order valence-electron chi connectivity index (χ3n) is 3.72. The summed E-state index contributed by atoms with van der Waals surface area (Å²) in [5.41, 5.74) is 1.99. The molecule has 120 valence electrons. The van der Waals surface area contributed by atoms with Gasteiger partial charge in [-0.1, -0.05) is 12.1 Å². The Hall–Kier alpha value is -2.35. The van der Waals surface area contributed by atoms with Gasteiger partial charge in [-0.3, -0.25) is 4.79 Å². The van der Waals surface area contributed by atoms with Crippen LogP contribution in [0.4, 0.5) is 9.57 Å². The van der Waals surface area contributed by atoms with Gasteiger partial charge in [0.25, 0.3) is 0 Å². The molecule has 1 saturated heterocycles. The molecule has 2 heterocycles. The summed E-state index contributed by atoms with van der Waals surface area (Å²) < 4.78 is 35.2. The van der Waals surface area contributed by atoms with Crippen molar-refractivity contribution in [2.75, 3.05) is 11.4 Å². The van der Waals surface area contributed by atoms with Crippen LogP contribution in [0.5, 0.6) is 0 Å². The summed E-state index contributed by atoms with van der Waals surface area (Å²) in [4.78, 5) is 21.6. The first-order valence-corrected chi connectivity index (χ1v) is 8.43. The molecule has 8 heteroatoms. The van der Waals surface area contributed by atoms with Gasteiger partial charge < -0.3 is 4.90 Å². The van der Waals surface area contributed by atoms with Crippen molar-refractivity contribution in [3.05, 3.63) is 42.4 Å². The van der Waals surface area contributed by atoms with Crippen molar-refractivity contribution in [1.82, 2.24) is 9.97 Å².